The van der Waals surface area contributed by atoms with Crippen LogP contribution in [0.3, 0.4) is 0 Å². The van der Waals surface area contributed by atoms with Gasteiger partial charge in [-0.15, -0.1) is 10.2 Å². The van der Waals surface area contributed by atoms with Crippen LogP contribution in [0.1, 0.15) is 40.2 Å². The van der Waals surface area contributed by atoms with E-state index >= 15 is 0 Å². The number of rotatable bonds is 6. The average Bonchev–Trinajstić information content (AvgIpc) is 2.93. The van der Waals surface area contributed by atoms with Crippen LogP contribution in [0.5, 0.6) is 0 Å². The molecule has 130 valence electrons. The van der Waals surface area contributed by atoms with Crippen molar-refractivity contribution in [3.63, 3.8) is 0 Å². The lowest BCUT2D eigenvalue weighted by molar-refractivity contribution is -0.121. The van der Waals surface area contributed by atoms with Gasteiger partial charge in [0.2, 0.25) is 11.0 Å². The number of thioether (sulfide) groups is 1. The van der Waals surface area contributed by atoms with Gasteiger partial charge in [0, 0.05) is 11.2 Å². The predicted octanol–water partition coefficient (Wildman–Crippen LogP) is 4.24. The molecular formula is C17H24N4OS2. The van der Waals surface area contributed by atoms with E-state index in [0.717, 1.165) is 21.6 Å². The summed E-state index contributed by atoms with van der Waals surface area (Å²) in [5.74, 6) is 0.00682. The number of anilines is 2. The zero-order valence-electron chi connectivity index (χ0n) is 14.7. The second-order valence-electron chi connectivity index (χ2n) is 6.55. The van der Waals surface area contributed by atoms with Crippen LogP contribution >= 0.6 is 23.1 Å². The molecule has 2 N–H and O–H groups in total. The number of hydrogen-bond donors (Lipinski definition) is 2. The maximum Gasteiger partial charge on any atom is 0.233 e. The summed E-state index contributed by atoms with van der Waals surface area (Å²) in [7, 11) is 0. The summed E-state index contributed by atoms with van der Waals surface area (Å²) in [5.41, 5.74) is 2.05. The molecule has 0 saturated carbocycles. The number of nitrogens with one attached hydrogen (secondary N) is 2. The second kappa shape index (κ2) is 7.98. The summed E-state index contributed by atoms with van der Waals surface area (Å²) < 4.78 is 0.777. The van der Waals surface area contributed by atoms with Gasteiger partial charge in [-0.3, -0.25) is 4.79 Å². The van der Waals surface area contributed by atoms with E-state index in [0.29, 0.717) is 0 Å². The van der Waals surface area contributed by atoms with E-state index < -0.39 is 0 Å². The molecule has 2 aromatic rings. The standard InChI is InChI=1S/C17H24N4OS2/c1-6-12-7-9-13(10-8-12)18-15-20-21-16(24-15)23-11(2)14(22)19-17(3,4)5/h7-11H,6H2,1-5H3,(H,18,20)(H,19,22)/t11-/m0/s1. The Kier molecular flexibility index (Phi) is 6.23. The van der Waals surface area contributed by atoms with Crippen LogP contribution in [0.15, 0.2) is 28.6 Å². The molecule has 0 saturated heterocycles. The number of carbonyl (C=O) groups is 1. The highest BCUT2D eigenvalue weighted by molar-refractivity contribution is 8.02. The van der Waals surface area contributed by atoms with Crippen molar-refractivity contribution in [1.29, 1.82) is 0 Å². The number of nitrogens with zero attached hydrogens (tertiary/aromatic N) is 2. The van der Waals surface area contributed by atoms with Crippen LogP contribution in [-0.2, 0) is 11.2 Å². The molecule has 0 unspecified atom stereocenters. The van der Waals surface area contributed by atoms with E-state index in [4.69, 9.17) is 0 Å². The van der Waals surface area contributed by atoms with E-state index in [9.17, 15) is 4.79 Å². The normalized spacial score (nSPS) is 12.7. The third-order valence-electron chi connectivity index (χ3n) is 3.16. The average molecular weight is 365 g/mol. The van der Waals surface area contributed by atoms with Gasteiger partial charge >= 0.3 is 0 Å². The lowest BCUT2D eigenvalue weighted by Gasteiger charge is -2.22. The van der Waals surface area contributed by atoms with Crippen LogP contribution in [0.4, 0.5) is 10.8 Å². The summed E-state index contributed by atoms with van der Waals surface area (Å²) in [6.07, 6.45) is 1.02. The van der Waals surface area contributed by atoms with Gasteiger partial charge in [0.05, 0.1) is 5.25 Å². The monoisotopic (exact) mass is 364 g/mol. The first-order valence-corrected chi connectivity index (χ1v) is 9.64. The predicted molar refractivity (Wildman–Crippen MR) is 102 cm³/mol. The van der Waals surface area contributed by atoms with Gasteiger partial charge in [-0.2, -0.15) is 0 Å². The third kappa shape index (κ3) is 5.79. The van der Waals surface area contributed by atoms with E-state index in [1.807, 2.05) is 39.8 Å². The molecule has 1 amide bonds. The molecule has 0 fully saturated rings. The van der Waals surface area contributed by atoms with Gasteiger partial charge in [-0.25, -0.2) is 0 Å². The van der Waals surface area contributed by atoms with Crippen LogP contribution in [0.2, 0.25) is 0 Å². The number of aryl methyl sites for hydroxylation is 1. The van der Waals surface area contributed by atoms with E-state index in [1.54, 1.807) is 0 Å². The lowest BCUT2D eigenvalue weighted by atomic mass is 10.1. The van der Waals surface area contributed by atoms with Crippen molar-refractivity contribution in [3.05, 3.63) is 29.8 Å². The van der Waals surface area contributed by atoms with Crippen LogP contribution in [0, 0.1) is 0 Å². The molecule has 1 atom stereocenters. The molecule has 0 aliphatic heterocycles. The molecule has 7 heteroatoms. The van der Waals surface area contributed by atoms with Gasteiger partial charge in [-0.05, 0) is 51.8 Å². The highest BCUT2D eigenvalue weighted by Crippen LogP contribution is 2.30. The molecule has 2 rings (SSSR count). The number of hydrogen-bond acceptors (Lipinski definition) is 6. The van der Waals surface area contributed by atoms with Gasteiger partial charge in [-0.1, -0.05) is 42.2 Å². The summed E-state index contributed by atoms with van der Waals surface area (Å²) >= 11 is 2.87. The molecule has 24 heavy (non-hydrogen) atoms. The second-order valence-corrected chi connectivity index (χ2v) is 9.11. The first-order valence-electron chi connectivity index (χ1n) is 7.95. The Morgan fingerprint density at radius 3 is 2.50 bits per heavy atom. The fourth-order valence-electron chi connectivity index (χ4n) is 1.93. The number of carbonyl (C=O) groups excluding carboxylic acids is 1. The molecule has 0 spiro atoms. The van der Waals surface area contributed by atoms with Crippen molar-refractivity contribution in [3.8, 4) is 0 Å². The molecule has 0 bridgehead atoms. The van der Waals surface area contributed by atoms with Gasteiger partial charge in [0.25, 0.3) is 0 Å². The first-order chi connectivity index (χ1) is 11.3. The Morgan fingerprint density at radius 1 is 1.25 bits per heavy atom. The van der Waals surface area contributed by atoms with Crippen LogP contribution in [0.25, 0.3) is 0 Å². The van der Waals surface area contributed by atoms with Gasteiger partial charge < -0.3 is 10.6 Å². The quantitative estimate of drug-likeness (QED) is 0.751. The lowest BCUT2D eigenvalue weighted by Crippen LogP contribution is -2.44. The minimum atomic E-state index is -0.232. The maximum atomic E-state index is 12.1. The largest absolute Gasteiger partial charge is 0.351 e. The number of benzene rings is 1. The number of aromatic nitrogens is 2. The molecular weight excluding hydrogens is 340 g/mol. The topological polar surface area (TPSA) is 66.9 Å². The van der Waals surface area contributed by atoms with Crippen LogP contribution < -0.4 is 10.6 Å². The Balaban J connectivity index is 1.93. The SMILES string of the molecule is CCc1ccc(Nc2nnc(S[C@@H](C)C(=O)NC(C)(C)C)s2)cc1. The third-order valence-corrected chi connectivity index (χ3v) is 5.19. The van der Waals surface area contributed by atoms with Gasteiger partial charge in [0.1, 0.15) is 0 Å². The maximum absolute atomic E-state index is 12.1. The zero-order chi connectivity index (χ0) is 17.7. The minimum absolute atomic E-state index is 0.00682. The molecule has 1 aromatic heterocycles. The van der Waals surface area contributed by atoms with Crippen molar-refractivity contribution in [2.75, 3.05) is 5.32 Å². The van der Waals surface area contributed by atoms with Crippen molar-refractivity contribution in [1.82, 2.24) is 15.5 Å². The number of amides is 1. The summed E-state index contributed by atoms with van der Waals surface area (Å²) in [6.45, 7) is 9.93. The van der Waals surface area contributed by atoms with E-state index in [1.165, 1.54) is 28.7 Å². The molecule has 5 nitrogen and oxygen atoms in total. The summed E-state index contributed by atoms with van der Waals surface area (Å²) in [4.78, 5) is 12.1. The van der Waals surface area contributed by atoms with Crippen molar-refractivity contribution < 1.29 is 4.79 Å². The molecule has 0 radical (unpaired) electrons. The van der Waals surface area contributed by atoms with Crippen molar-refractivity contribution in [2.24, 2.45) is 0 Å². The Morgan fingerprint density at radius 2 is 1.92 bits per heavy atom. The molecule has 0 aliphatic carbocycles. The molecule has 0 aliphatic rings. The van der Waals surface area contributed by atoms with Crippen LogP contribution in [-0.4, -0.2) is 26.9 Å². The van der Waals surface area contributed by atoms with Crippen molar-refractivity contribution in [2.45, 2.75) is 56.2 Å². The zero-order valence-corrected chi connectivity index (χ0v) is 16.3. The fraction of sp³-hybridized carbons (Fsp3) is 0.471. The summed E-state index contributed by atoms with van der Waals surface area (Å²) in [5, 5.41) is 15.0. The van der Waals surface area contributed by atoms with E-state index in [-0.39, 0.29) is 16.7 Å². The highest BCUT2D eigenvalue weighted by Gasteiger charge is 2.21. The Labute approximate surface area is 151 Å². The minimum Gasteiger partial charge on any atom is -0.351 e. The Hall–Kier alpha value is -1.60. The van der Waals surface area contributed by atoms with Gasteiger partial charge in [0.15, 0.2) is 4.34 Å². The molecule has 1 aromatic carbocycles. The summed E-state index contributed by atoms with van der Waals surface area (Å²) in [6, 6.07) is 8.26. The first kappa shape index (κ1) is 18.7. The fourth-order valence-corrected chi connectivity index (χ4v) is 3.85. The van der Waals surface area contributed by atoms with E-state index in [2.05, 4.69) is 39.9 Å². The molecule has 1 heterocycles. The smallest absolute Gasteiger partial charge is 0.233 e. The Bertz CT molecular complexity index is 677. The van der Waals surface area contributed by atoms with Crippen molar-refractivity contribution >= 4 is 39.8 Å². The highest BCUT2D eigenvalue weighted by atomic mass is 32.2.